The Kier molecular flexibility index (Phi) is 4.29. The Hall–Kier alpha value is -1.35. The van der Waals surface area contributed by atoms with E-state index in [1.54, 1.807) is 0 Å². The molecule has 0 saturated carbocycles. The summed E-state index contributed by atoms with van der Waals surface area (Å²) >= 11 is 1.41. The van der Waals surface area contributed by atoms with E-state index in [1.807, 2.05) is 13.0 Å². The van der Waals surface area contributed by atoms with Crippen molar-refractivity contribution in [1.82, 2.24) is 10.2 Å². The second-order valence-electron chi connectivity index (χ2n) is 5.70. The van der Waals surface area contributed by atoms with E-state index in [-0.39, 0.29) is 18.6 Å². The summed E-state index contributed by atoms with van der Waals surface area (Å²) in [5, 5.41) is 12.0. The van der Waals surface area contributed by atoms with E-state index in [0.29, 0.717) is 10.9 Å². The summed E-state index contributed by atoms with van der Waals surface area (Å²) in [6, 6.07) is 2.71. The second-order valence-corrected chi connectivity index (χ2v) is 6.75. The van der Waals surface area contributed by atoms with Gasteiger partial charge in [0, 0.05) is 18.6 Å². The van der Waals surface area contributed by atoms with Gasteiger partial charge in [0.1, 0.15) is 6.61 Å². The molecule has 2 atom stereocenters. The zero-order chi connectivity index (χ0) is 14.8. The van der Waals surface area contributed by atoms with Gasteiger partial charge in [0.05, 0.1) is 9.75 Å². The van der Waals surface area contributed by atoms with Gasteiger partial charge in [0.15, 0.2) is 0 Å². The average Bonchev–Trinajstić information content (AvgIpc) is 3.14. The number of fused-ring (bicyclic) bond motifs is 1. The second kappa shape index (κ2) is 6.18. The van der Waals surface area contributed by atoms with E-state index in [4.69, 9.17) is 5.11 Å². The maximum absolute atomic E-state index is 12.4. The van der Waals surface area contributed by atoms with Crippen LogP contribution in [-0.2, 0) is 0 Å². The van der Waals surface area contributed by atoms with Gasteiger partial charge in [-0.3, -0.25) is 9.69 Å². The van der Waals surface area contributed by atoms with E-state index in [1.165, 1.54) is 30.7 Å². The number of amides is 1. The quantitative estimate of drug-likeness (QED) is 0.811. The van der Waals surface area contributed by atoms with Crippen molar-refractivity contribution in [1.29, 1.82) is 0 Å². The minimum absolute atomic E-state index is 0.0129. The van der Waals surface area contributed by atoms with E-state index in [9.17, 15) is 4.79 Å². The molecule has 2 fully saturated rings. The predicted molar refractivity (Wildman–Crippen MR) is 83.5 cm³/mol. The van der Waals surface area contributed by atoms with Gasteiger partial charge in [-0.05, 0) is 44.4 Å². The van der Waals surface area contributed by atoms with Gasteiger partial charge >= 0.3 is 0 Å². The summed E-state index contributed by atoms with van der Waals surface area (Å²) in [4.78, 5) is 16.5. The van der Waals surface area contributed by atoms with Crippen molar-refractivity contribution >= 4 is 17.2 Å². The summed E-state index contributed by atoms with van der Waals surface area (Å²) in [5.41, 5.74) is 1.00. The van der Waals surface area contributed by atoms with Crippen LogP contribution in [0.1, 0.15) is 39.4 Å². The standard InChI is InChI=1S/C16H20N2O2S/c1-11-10-15(21-14(11)5-3-9-19)16(20)17-12-6-8-18-7-2-4-13(12)18/h10,12-13,19H,2,4,6-9H2,1H3,(H,17,20). The monoisotopic (exact) mass is 304 g/mol. The SMILES string of the molecule is Cc1cc(C(=O)NC2CCN3CCCC23)sc1C#CCO. The zero-order valence-corrected chi connectivity index (χ0v) is 13.0. The number of hydrogen-bond acceptors (Lipinski definition) is 4. The lowest BCUT2D eigenvalue weighted by Crippen LogP contribution is -2.42. The zero-order valence-electron chi connectivity index (χ0n) is 12.2. The van der Waals surface area contributed by atoms with Gasteiger partial charge in [0.25, 0.3) is 5.91 Å². The lowest BCUT2D eigenvalue weighted by Gasteiger charge is -2.20. The van der Waals surface area contributed by atoms with E-state index >= 15 is 0 Å². The van der Waals surface area contributed by atoms with E-state index in [2.05, 4.69) is 22.1 Å². The van der Waals surface area contributed by atoms with Crippen LogP contribution in [0.4, 0.5) is 0 Å². The molecular weight excluding hydrogens is 284 g/mol. The van der Waals surface area contributed by atoms with Crippen molar-refractivity contribution in [3.8, 4) is 11.8 Å². The maximum Gasteiger partial charge on any atom is 0.261 e. The van der Waals surface area contributed by atoms with E-state index < -0.39 is 0 Å². The molecular formula is C16H20N2O2S. The molecule has 112 valence electrons. The van der Waals surface area contributed by atoms with Gasteiger partial charge in [-0.1, -0.05) is 11.8 Å². The lowest BCUT2D eigenvalue weighted by molar-refractivity contribution is 0.0933. The van der Waals surface area contributed by atoms with Crippen LogP contribution in [0.25, 0.3) is 0 Å². The van der Waals surface area contributed by atoms with Crippen molar-refractivity contribution in [2.24, 2.45) is 0 Å². The van der Waals surface area contributed by atoms with Crippen LogP contribution < -0.4 is 5.32 Å². The number of carbonyl (C=O) groups is 1. The Morgan fingerprint density at radius 3 is 3.19 bits per heavy atom. The van der Waals surface area contributed by atoms with Crippen LogP contribution in [0.2, 0.25) is 0 Å². The first-order valence-corrected chi connectivity index (χ1v) is 8.26. The number of aliphatic hydroxyl groups excluding tert-OH is 1. The smallest absolute Gasteiger partial charge is 0.261 e. The molecule has 0 radical (unpaired) electrons. The first-order valence-electron chi connectivity index (χ1n) is 7.44. The first-order chi connectivity index (χ1) is 10.2. The molecule has 2 N–H and O–H groups in total. The van der Waals surface area contributed by atoms with Crippen molar-refractivity contribution in [3.63, 3.8) is 0 Å². The molecule has 3 rings (SSSR count). The molecule has 1 aromatic rings. The number of thiophene rings is 1. The van der Waals surface area contributed by atoms with Crippen LogP contribution in [-0.4, -0.2) is 47.7 Å². The molecule has 1 amide bonds. The fraction of sp³-hybridized carbons (Fsp3) is 0.562. The molecule has 21 heavy (non-hydrogen) atoms. The molecule has 2 saturated heterocycles. The number of nitrogens with one attached hydrogen (secondary N) is 1. The molecule has 4 nitrogen and oxygen atoms in total. The maximum atomic E-state index is 12.4. The highest BCUT2D eigenvalue weighted by atomic mass is 32.1. The Balaban J connectivity index is 1.68. The van der Waals surface area contributed by atoms with Crippen LogP contribution in [0.3, 0.4) is 0 Å². The van der Waals surface area contributed by atoms with Gasteiger partial charge in [-0.15, -0.1) is 11.3 Å². The van der Waals surface area contributed by atoms with Crippen molar-refractivity contribution in [2.45, 2.75) is 38.3 Å². The minimum atomic E-state index is -0.154. The molecule has 1 aromatic heterocycles. The fourth-order valence-corrected chi connectivity index (χ4v) is 4.28. The number of aliphatic hydroxyl groups is 1. The van der Waals surface area contributed by atoms with Crippen molar-refractivity contribution in [3.05, 3.63) is 21.4 Å². The van der Waals surface area contributed by atoms with Crippen LogP contribution >= 0.6 is 11.3 Å². The van der Waals surface area contributed by atoms with Crippen molar-refractivity contribution in [2.75, 3.05) is 19.7 Å². The number of rotatable bonds is 2. The summed E-state index contributed by atoms with van der Waals surface area (Å²) in [6.45, 7) is 4.07. The lowest BCUT2D eigenvalue weighted by atomic mass is 10.1. The highest BCUT2D eigenvalue weighted by Crippen LogP contribution is 2.28. The number of hydrogen-bond donors (Lipinski definition) is 2. The normalized spacial score (nSPS) is 24.5. The predicted octanol–water partition coefficient (Wildman–Crippen LogP) is 1.37. The fourth-order valence-electron chi connectivity index (χ4n) is 3.33. The molecule has 2 aliphatic rings. The third-order valence-electron chi connectivity index (χ3n) is 4.35. The van der Waals surface area contributed by atoms with Crippen molar-refractivity contribution < 1.29 is 9.90 Å². The number of nitrogens with zero attached hydrogens (tertiary/aromatic N) is 1. The summed E-state index contributed by atoms with van der Waals surface area (Å²) in [5.74, 6) is 5.55. The third-order valence-corrected chi connectivity index (χ3v) is 5.50. The average molecular weight is 304 g/mol. The van der Waals surface area contributed by atoms with Gasteiger partial charge < -0.3 is 10.4 Å². The Morgan fingerprint density at radius 1 is 1.52 bits per heavy atom. The summed E-state index contributed by atoms with van der Waals surface area (Å²) < 4.78 is 0. The summed E-state index contributed by atoms with van der Waals surface area (Å²) in [7, 11) is 0. The Bertz CT molecular complexity index is 599. The highest BCUT2D eigenvalue weighted by molar-refractivity contribution is 7.14. The molecule has 3 heterocycles. The van der Waals surface area contributed by atoms with Gasteiger partial charge in [-0.25, -0.2) is 0 Å². The molecule has 5 heteroatoms. The molecule has 0 bridgehead atoms. The Labute approximate surface area is 129 Å². The third kappa shape index (κ3) is 2.98. The van der Waals surface area contributed by atoms with Gasteiger partial charge in [-0.2, -0.15) is 0 Å². The molecule has 2 unspecified atom stereocenters. The molecule has 0 aliphatic carbocycles. The Morgan fingerprint density at radius 2 is 2.38 bits per heavy atom. The van der Waals surface area contributed by atoms with Crippen LogP contribution in [0.5, 0.6) is 0 Å². The minimum Gasteiger partial charge on any atom is -0.384 e. The molecule has 2 aliphatic heterocycles. The number of carbonyl (C=O) groups excluding carboxylic acids is 1. The van der Waals surface area contributed by atoms with E-state index in [0.717, 1.165) is 23.4 Å². The van der Waals surface area contributed by atoms with Crippen LogP contribution in [0.15, 0.2) is 6.07 Å². The highest BCUT2D eigenvalue weighted by Gasteiger charge is 2.37. The summed E-state index contributed by atoms with van der Waals surface area (Å²) in [6.07, 6.45) is 3.50. The molecule has 0 aromatic carbocycles. The van der Waals surface area contributed by atoms with Crippen LogP contribution in [0, 0.1) is 18.8 Å². The first kappa shape index (κ1) is 14.6. The van der Waals surface area contributed by atoms with Gasteiger partial charge in [0.2, 0.25) is 0 Å². The topological polar surface area (TPSA) is 52.6 Å². The molecule has 0 spiro atoms. The number of aryl methyl sites for hydroxylation is 1. The largest absolute Gasteiger partial charge is 0.384 e.